The lowest BCUT2D eigenvalue weighted by atomic mass is 10.1. The molecular formula is C12H13Cl2NO4S. The van der Waals surface area contributed by atoms with Crippen LogP contribution in [0.1, 0.15) is 12.0 Å². The molecule has 0 fully saturated rings. The van der Waals surface area contributed by atoms with E-state index < -0.39 is 10.1 Å². The lowest BCUT2D eigenvalue weighted by Crippen LogP contribution is -2.28. The summed E-state index contributed by atoms with van der Waals surface area (Å²) in [6.45, 7) is 0.851. The van der Waals surface area contributed by atoms with E-state index in [2.05, 4.69) is 0 Å². The van der Waals surface area contributed by atoms with Gasteiger partial charge in [-0.25, -0.2) is 0 Å². The van der Waals surface area contributed by atoms with Crippen molar-refractivity contribution in [3.05, 3.63) is 27.8 Å². The highest BCUT2D eigenvalue weighted by atomic mass is 35.5. The number of benzene rings is 1. The average Bonchev–Trinajstić information content (AvgIpc) is 2.34. The van der Waals surface area contributed by atoms with Crippen LogP contribution in [-0.4, -0.2) is 36.9 Å². The Morgan fingerprint density at radius 2 is 2.00 bits per heavy atom. The van der Waals surface area contributed by atoms with Gasteiger partial charge in [0.25, 0.3) is 10.1 Å². The normalized spacial score (nSPS) is 14.4. The van der Waals surface area contributed by atoms with Crippen molar-refractivity contribution in [1.82, 2.24) is 0 Å². The Morgan fingerprint density at radius 3 is 2.65 bits per heavy atom. The van der Waals surface area contributed by atoms with E-state index in [0.29, 0.717) is 29.4 Å². The van der Waals surface area contributed by atoms with Crippen molar-refractivity contribution >= 4 is 45.1 Å². The molecular weight excluding hydrogens is 325 g/mol. The first-order valence-electron chi connectivity index (χ1n) is 5.87. The highest BCUT2D eigenvalue weighted by Crippen LogP contribution is 2.43. The summed E-state index contributed by atoms with van der Waals surface area (Å²) in [6.07, 6.45) is 3.87. The number of aromatic hydroxyl groups is 1. The van der Waals surface area contributed by atoms with Crippen molar-refractivity contribution in [2.75, 3.05) is 23.7 Å². The molecule has 8 heteroatoms. The Balaban J connectivity index is 2.26. The molecule has 2 N–H and O–H groups in total. The maximum absolute atomic E-state index is 10.7. The highest BCUT2D eigenvalue weighted by Gasteiger charge is 2.22. The Kier molecular flexibility index (Phi) is 4.49. The molecule has 0 radical (unpaired) electrons. The van der Waals surface area contributed by atoms with Crippen LogP contribution in [0.25, 0.3) is 6.08 Å². The maximum Gasteiger partial charge on any atom is 0.264 e. The van der Waals surface area contributed by atoms with E-state index in [0.717, 1.165) is 0 Å². The van der Waals surface area contributed by atoms with Crippen LogP contribution in [0.4, 0.5) is 5.69 Å². The van der Waals surface area contributed by atoms with Gasteiger partial charge in [0.1, 0.15) is 0 Å². The predicted octanol–water partition coefficient (Wildman–Crippen LogP) is 2.81. The van der Waals surface area contributed by atoms with Gasteiger partial charge >= 0.3 is 0 Å². The van der Waals surface area contributed by atoms with E-state index >= 15 is 0 Å². The van der Waals surface area contributed by atoms with Crippen LogP contribution in [0.3, 0.4) is 0 Å². The molecule has 0 atom stereocenters. The third-order valence-electron chi connectivity index (χ3n) is 2.97. The molecule has 0 amide bonds. The van der Waals surface area contributed by atoms with Crippen molar-refractivity contribution in [2.45, 2.75) is 6.42 Å². The number of fused-ring (bicyclic) bond motifs is 1. The van der Waals surface area contributed by atoms with E-state index in [1.165, 1.54) is 6.07 Å². The van der Waals surface area contributed by atoms with Crippen molar-refractivity contribution in [2.24, 2.45) is 0 Å². The summed E-state index contributed by atoms with van der Waals surface area (Å²) in [6, 6.07) is 1.46. The molecule has 1 aromatic carbocycles. The Morgan fingerprint density at radius 1 is 1.30 bits per heavy atom. The van der Waals surface area contributed by atoms with Crippen LogP contribution in [0.15, 0.2) is 12.1 Å². The molecule has 2 rings (SSSR count). The minimum Gasteiger partial charge on any atom is -0.504 e. The number of nitrogens with zero attached hydrogens (tertiary/aromatic N) is 1. The molecule has 0 bridgehead atoms. The molecule has 0 unspecified atom stereocenters. The minimum atomic E-state index is -3.99. The van der Waals surface area contributed by atoms with Gasteiger partial charge in [0, 0.05) is 18.7 Å². The predicted molar refractivity (Wildman–Crippen MR) is 80.4 cm³/mol. The van der Waals surface area contributed by atoms with E-state index in [4.69, 9.17) is 27.8 Å². The summed E-state index contributed by atoms with van der Waals surface area (Å²) < 4.78 is 30.2. The largest absolute Gasteiger partial charge is 0.504 e. The van der Waals surface area contributed by atoms with Gasteiger partial charge in [-0.15, -0.1) is 0 Å². The minimum absolute atomic E-state index is 0.0812. The van der Waals surface area contributed by atoms with Crippen LogP contribution >= 0.6 is 23.2 Å². The van der Waals surface area contributed by atoms with Gasteiger partial charge in [-0.2, -0.15) is 8.42 Å². The fourth-order valence-electron chi connectivity index (χ4n) is 2.12. The zero-order valence-corrected chi connectivity index (χ0v) is 12.7. The van der Waals surface area contributed by atoms with Gasteiger partial charge in [-0.05, 0) is 12.5 Å². The van der Waals surface area contributed by atoms with Gasteiger partial charge in [0.05, 0.1) is 21.5 Å². The second-order valence-electron chi connectivity index (χ2n) is 4.44. The van der Waals surface area contributed by atoms with Gasteiger partial charge < -0.3 is 10.0 Å². The zero-order chi connectivity index (χ0) is 14.9. The fourth-order valence-corrected chi connectivity index (χ4v) is 3.13. The summed E-state index contributed by atoms with van der Waals surface area (Å²) in [5, 5.41) is 10.6. The van der Waals surface area contributed by atoms with Crippen molar-refractivity contribution in [3.63, 3.8) is 0 Å². The number of hydrogen-bond donors (Lipinski definition) is 2. The lowest BCUT2D eigenvalue weighted by molar-refractivity contribution is 0.473. The van der Waals surface area contributed by atoms with Crippen LogP contribution in [-0.2, 0) is 10.1 Å². The van der Waals surface area contributed by atoms with Crippen LogP contribution in [0, 0.1) is 0 Å². The quantitative estimate of drug-likeness (QED) is 0.826. The summed E-state index contributed by atoms with van der Waals surface area (Å²) in [5.74, 6) is -0.417. The number of anilines is 1. The first-order valence-corrected chi connectivity index (χ1v) is 8.23. The van der Waals surface area contributed by atoms with E-state index in [9.17, 15) is 13.5 Å². The Labute approximate surface area is 127 Å². The SMILES string of the molecule is O=S(=O)(O)CCCN1CC=Cc2c(Cl)cc(Cl)c(O)c21. The number of hydrogen-bond acceptors (Lipinski definition) is 4. The summed E-state index contributed by atoms with van der Waals surface area (Å²) in [5.41, 5.74) is 1.13. The van der Waals surface area contributed by atoms with Crippen molar-refractivity contribution < 1.29 is 18.1 Å². The molecule has 0 aliphatic carbocycles. The topological polar surface area (TPSA) is 77.8 Å². The zero-order valence-electron chi connectivity index (χ0n) is 10.4. The standard InChI is InChI=1S/C12H13Cl2NO4S/c13-9-7-10(14)12(16)11-8(9)3-1-4-15(11)5-2-6-20(17,18)19/h1,3,7,16H,2,4-6H2,(H,17,18,19). The summed E-state index contributed by atoms with van der Waals surface area (Å²) in [7, 11) is -3.99. The number of rotatable bonds is 4. The van der Waals surface area contributed by atoms with E-state index in [-0.39, 0.29) is 22.9 Å². The van der Waals surface area contributed by atoms with Gasteiger partial charge in [-0.1, -0.05) is 35.4 Å². The van der Waals surface area contributed by atoms with Gasteiger partial charge in [0.15, 0.2) is 5.75 Å². The molecule has 0 saturated carbocycles. The van der Waals surface area contributed by atoms with Crippen LogP contribution in [0.5, 0.6) is 5.75 Å². The summed E-state index contributed by atoms with van der Waals surface area (Å²) >= 11 is 12.0. The second kappa shape index (κ2) is 5.81. The third kappa shape index (κ3) is 3.38. The maximum atomic E-state index is 10.7. The average molecular weight is 338 g/mol. The molecule has 20 heavy (non-hydrogen) atoms. The fraction of sp³-hybridized carbons (Fsp3) is 0.333. The highest BCUT2D eigenvalue weighted by molar-refractivity contribution is 7.85. The number of halogens is 2. The Bertz CT molecular complexity index is 658. The van der Waals surface area contributed by atoms with Crippen molar-refractivity contribution in [3.8, 4) is 5.75 Å². The van der Waals surface area contributed by atoms with Crippen molar-refractivity contribution in [1.29, 1.82) is 0 Å². The molecule has 1 heterocycles. The first-order chi connectivity index (χ1) is 9.29. The molecule has 0 aromatic heterocycles. The summed E-state index contributed by atoms with van der Waals surface area (Å²) in [4.78, 5) is 1.77. The number of phenolic OH excluding ortho intramolecular Hbond substituents is 1. The van der Waals surface area contributed by atoms with Crippen LogP contribution < -0.4 is 4.90 Å². The molecule has 5 nitrogen and oxygen atoms in total. The molecule has 1 aliphatic heterocycles. The van der Waals surface area contributed by atoms with E-state index in [1.807, 2.05) is 6.08 Å². The molecule has 0 saturated heterocycles. The Hall–Kier alpha value is -0.950. The molecule has 1 aromatic rings. The number of phenols is 1. The first kappa shape index (κ1) is 15.4. The molecule has 110 valence electrons. The monoisotopic (exact) mass is 337 g/mol. The van der Waals surface area contributed by atoms with Gasteiger partial charge in [-0.3, -0.25) is 4.55 Å². The van der Waals surface area contributed by atoms with E-state index in [1.54, 1.807) is 11.0 Å². The molecule has 1 aliphatic rings. The third-order valence-corrected chi connectivity index (χ3v) is 4.38. The lowest BCUT2D eigenvalue weighted by Gasteiger charge is -2.29. The molecule has 0 spiro atoms. The second-order valence-corrected chi connectivity index (χ2v) is 6.83. The van der Waals surface area contributed by atoms with Crippen LogP contribution in [0.2, 0.25) is 10.0 Å². The smallest absolute Gasteiger partial charge is 0.264 e. The van der Waals surface area contributed by atoms with Gasteiger partial charge in [0.2, 0.25) is 0 Å².